The summed E-state index contributed by atoms with van der Waals surface area (Å²) in [7, 11) is 0. The zero-order valence-corrected chi connectivity index (χ0v) is 8.64. The van der Waals surface area contributed by atoms with Crippen LogP contribution in [-0.2, 0) is 11.3 Å². The number of hydrogen-bond acceptors (Lipinski definition) is 2. The zero-order chi connectivity index (χ0) is 11.1. The van der Waals surface area contributed by atoms with Gasteiger partial charge in [-0.15, -0.1) is 0 Å². The molecule has 1 amide bonds. The van der Waals surface area contributed by atoms with E-state index >= 15 is 0 Å². The molecule has 0 aliphatic rings. The second kappa shape index (κ2) is 5.71. The largest absolute Gasteiger partial charge is 0.449 e. The van der Waals surface area contributed by atoms with Crippen LogP contribution >= 0.6 is 0 Å². The van der Waals surface area contributed by atoms with Gasteiger partial charge < -0.3 is 4.74 Å². The minimum absolute atomic E-state index is 0.325. The van der Waals surface area contributed by atoms with E-state index in [1.165, 1.54) is 4.90 Å². The number of hydrogen-bond donors (Lipinski definition) is 0. The monoisotopic (exact) mass is 203 g/mol. The van der Waals surface area contributed by atoms with E-state index < -0.39 is 6.09 Å². The van der Waals surface area contributed by atoms with E-state index in [1.807, 2.05) is 30.3 Å². The number of benzene rings is 1. The van der Waals surface area contributed by atoms with Crippen LogP contribution in [0.1, 0.15) is 12.5 Å². The second-order valence-corrected chi connectivity index (χ2v) is 2.90. The summed E-state index contributed by atoms with van der Waals surface area (Å²) >= 11 is 0. The Balaban J connectivity index is 2.63. The van der Waals surface area contributed by atoms with Crippen molar-refractivity contribution in [2.75, 3.05) is 6.61 Å². The molecule has 15 heavy (non-hydrogen) atoms. The molecular weight excluding hydrogens is 190 g/mol. The number of rotatable bonds is 3. The number of amides is 1. The van der Waals surface area contributed by atoms with Crippen LogP contribution in [0.2, 0.25) is 0 Å². The third kappa shape index (κ3) is 3.35. The van der Waals surface area contributed by atoms with Gasteiger partial charge in [0.2, 0.25) is 0 Å². The predicted molar refractivity (Wildman–Crippen MR) is 57.8 cm³/mol. The fourth-order valence-electron chi connectivity index (χ4n) is 1.13. The van der Waals surface area contributed by atoms with Crippen LogP contribution in [0.4, 0.5) is 4.79 Å². The van der Waals surface area contributed by atoms with Gasteiger partial charge in [-0.2, -0.15) is 0 Å². The minimum Gasteiger partial charge on any atom is -0.449 e. The highest BCUT2D eigenvalue weighted by Gasteiger charge is 2.11. The van der Waals surface area contributed by atoms with Gasteiger partial charge in [0, 0.05) is 6.04 Å². The van der Waals surface area contributed by atoms with Gasteiger partial charge in [0.15, 0.2) is 0 Å². The first-order valence-corrected chi connectivity index (χ1v) is 4.72. The van der Waals surface area contributed by atoms with Gasteiger partial charge in [-0.1, -0.05) is 36.8 Å². The topological polar surface area (TPSA) is 29.5 Å². The summed E-state index contributed by atoms with van der Waals surface area (Å²) in [6.07, 6.45) is 4.74. The highest BCUT2D eigenvalue weighted by molar-refractivity contribution is 5.69. The Morgan fingerprint density at radius 2 is 2.13 bits per heavy atom. The maximum Gasteiger partial charge on any atom is 0.421 e. The number of nitrogens with zero attached hydrogens (tertiary/aromatic N) is 1. The number of carbonyl (C=O) groups is 1. The van der Waals surface area contributed by atoms with Crippen molar-refractivity contribution >= 4 is 6.09 Å². The molecule has 1 aromatic rings. The lowest BCUT2D eigenvalue weighted by Crippen LogP contribution is -2.26. The van der Waals surface area contributed by atoms with Crippen molar-refractivity contribution in [2.45, 2.75) is 13.5 Å². The van der Waals surface area contributed by atoms with Gasteiger partial charge in [0.25, 0.3) is 0 Å². The summed E-state index contributed by atoms with van der Waals surface area (Å²) in [5, 5.41) is 0. The molecule has 3 nitrogen and oxygen atoms in total. The average molecular weight is 203 g/mol. The van der Waals surface area contributed by atoms with Crippen molar-refractivity contribution < 1.29 is 9.53 Å². The molecule has 78 valence electrons. The standard InChI is InChI=1S/C12H13NO2/c1-3-13(12(14)15-4-2)10-11-8-6-5-7-9-11/h1,5-9H,4,10H2,2H3. The molecular formula is C12H13NO2. The smallest absolute Gasteiger partial charge is 0.421 e. The summed E-state index contributed by atoms with van der Waals surface area (Å²) in [5.41, 5.74) is 0.975. The Hall–Kier alpha value is -1.95. The molecule has 0 saturated carbocycles. The van der Waals surface area contributed by atoms with Crippen molar-refractivity contribution in [3.8, 4) is 12.5 Å². The summed E-state index contributed by atoms with van der Waals surface area (Å²) < 4.78 is 4.81. The van der Waals surface area contributed by atoms with Crippen molar-refractivity contribution in [3.05, 3.63) is 35.9 Å². The highest BCUT2D eigenvalue weighted by Crippen LogP contribution is 2.04. The average Bonchev–Trinajstić information content (AvgIpc) is 2.27. The van der Waals surface area contributed by atoms with E-state index in [0.29, 0.717) is 13.2 Å². The molecule has 0 N–H and O–H groups in total. The van der Waals surface area contributed by atoms with Crippen molar-refractivity contribution in [1.29, 1.82) is 0 Å². The molecule has 0 fully saturated rings. The molecule has 0 heterocycles. The Morgan fingerprint density at radius 1 is 1.47 bits per heavy atom. The summed E-state index contributed by atoms with van der Waals surface area (Å²) in [4.78, 5) is 12.5. The van der Waals surface area contributed by atoms with Crippen molar-refractivity contribution in [3.63, 3.8) is 0 Å². The SMILES string of the molecule is C#CN(Cc1ccccc1)C(=O)OCC. The third-order valence-corrected chi connectivity index (χ3v) is 1.83. The lowest BCUT2D eigenvalue weighted by Gasteiger charge is -2.14. The van der Waals surface area contributed by atoms with Crippen LogP contribution in [0.3, 0.4) is 0 Å². The summed E-state index contributed by atoms with van der Waals surface area (Å²) in [6, 6.07) is 11.8. The van der Waals surface area contributed by atoms with Gasteiger partial charge >= 0.3 is 6.09 Å². The van der Waals surface area contributed by atoms with E-state index in [9.17, 15) is 4.79 Å². The molecule has 0 bridgehead atoms. The van der Waals surface area contributed by atoms with Crippen LogP contribution in [0.25, 0.3) is 0 Å². The lowest BCUT2D eigenvalue weighted by molar-refractivity contribution is 0.123. The van der Waals surface area contributed by atoms with Gasteiger partial charge in [0.1, 0.15) is 0 Å². The van der Waals surface area contributed by atoms with E-state index in [4.69, 9.17) is 11.2 Å². The molecule has 0 atom stereocenters. The quantitative estimate of drug-likeness (QED) is 0.557. The van der Waals surface area contributed by atoms with Crippen LogP contribution in [0.15, 0.2) is 30.3 Å². The van der Waals surface area contributed by atoms with E-state index in [1.54, 1.807) is 6.92 Å². The molecule has 3 heteroatoms. The van der Waals surface area contributed by atoms with E-state index in [2.05, 4.69) is 6.04 Å². The highest BCUT2D eigenvalue weighted by atomic mass is 16.5. The zero-order valence-electron chi connectivity index (χ0n) is 8.64. The van der Waals surface area contributed by atoms with Gasteiger partial charge in [-0.25, -0.2) is 9.69 Å². The Labute approximate surface area is 89.7 Å². The number of carbonyl (C=O) groups excluding carboxylic acids is 1. The molecule has 0 spiro atoms. The molecule has 0 aromatic heterocycles. The van der Waals surface area contributed by atoms with Crippen LogP contribution in [0.5, 0.6) is 0 Å². The second-order valence-electron chi connectivity index (χ2n) is 2.90. The minimum atomic E-state index is -0.483. The van der Waals surface area contributed by atoms with Gasteiger partial charge in [-0.05, 0) is 12.5 Å². The maximum absolute atomic E-state index is 11.3. The fourth-order valence-corrected chi connectivity index (χ4v) is 1.13. The van der Waals surface area contributed by atoms with Crippen molar-refractivity contribution in [2.24, 2.45) is 0 Å². The molecule has 1 aromatic carbocycles. The number of terminal acetylenes is 1. The summed E-state index contributed by atoms with van der Waals surface area (Å²) in [5.74, 6) is 0. The molecule has 0 aliphatic heterocycles. The lowest BCUT2D eigenvalue weighted by atomic mass is 10.2. The third-order valence-electron chi connectivity index (χ3n) is 1.83. The number of ether oxygens (including phenoxy) is 1. The van der Waals surface area contributed by atoms with E-state index in [-0.39, 0.29) is 0 Å². The first-order valence-electron chi connectivity index (χ1n) is 4.72. The molecule has 1 rings (SSSR count). The molecule has 0 aliphatic carbocycles. The molecule has 0 saturated heterocycles. The van der Waals surface area contributed by atoms with Crippen LogP contribution < -0.4 is 0 Å². The predicted octanol–water partition coefficient (Wildman–Crippen LogP) is 2.24. The van der Waals surface area contributed by atoms with Crippen LogP contribution in [-0.4, -0.2) is 17.6 Å². The summed E-state index contributed by atoms with van der Waals surface area (Å²) in [6.45, 7) is 2.44. The van der Waals surface area contributed by atoms with E-state index in [0.717, 1.165) is 5.56 Å². The van der Waals surface area contributed by atoms with Crippen LogP contribution in [0, 0.1) is 12.5 Å². The molecule has 0 radical (unpaired) electrons. The Kier molecular flexibility index (Phi) is 4.24. The Morgan fingerprint density at radius 3 is 2.67 bits per heavy atom. The first kappa shape index (κ1) is 11.1. The van der Waals surface area contributed by atoms with Gasteiger partial charge in [-0.3, -0.25) is 0 Å². The normalized spacial score (nSPS) is 9.07. The fraction of sp³-hybridized carbons (Fsp3) is 0.250. The molecule has 0 unspecified atom stereocenters. The first-order chi connectivity index (χ1) is 7.27. The van der Waals surface area contributed by atoms with Crippen molar-refractivity contribution in [1.82, 2.24) is 4.90 Å². The van der Waals surface area contributed by atoms with Gasteiger partial charge in [0.05, 0.1) is 13.2 Å². The Bertz CT molecular complexity index is 354. The maximum atomic E-state index is 11.3.